The van der Waals surface area contributed by atoms with E-state index < -0.39 is 42.9 Å². The second-order valence-corrected chi connectivity index (χ2v) is 6.75. The molecule has 3 aromatic rings. The van der Waals surface area contributed by atoms with Crippen LogP contribution in [0.15, 0.2) is 45.6 Å². The topological polar surface area (TPSA) is 139 Å². The summed E-state index contributed by atoms with van der Waals surface area (Å²) in [4.78, 5) is 12.4. The highest BCUT2D eigenvalue weighted by Gasteiger charge is 2.44. The minimum absolute atomic E-state index is 0.194. The van der Waals surface area contributed by atoms with Crippen molar-refractivity contribution < 1.29 is 39.1 Å². The molecule has 0 unspecified atom stereocenters. The van der Waals surface area contributed by atoms with Crippen LogP contribution >= 0.6 is 0 Å². The Morgan fingerprint density at radius 3 is 2.55 bits per heavy atom. The van der Waals surface area contributed by atoms with Gasteiger partial charge in [-0.2, -0.15) is 0 Å². The molecule has 0 radical (unpaired) electrons. The van der Waals surface area contributed by atoms with Gasteiger partial charge in [0, 0.05) is 16.8 Å². The molecule has 29 heavy (non-hydrogen) atoms. The van der Waals surface area contributed by atoms with Crippen LogP contribution in [0.25, 0.3) is 21.7 Å². The third-order valence-electron chi connectivity index (χ3n) is 4.99. The summed E-state index contributed by atoms with van der Waals surface area (Å²) in [6, 6.07) is 9.77. The Kier molecular flexibility index (Phi) is 5.15. The molecule has 1 aromatic heterocycles. The Bertz CT molecular complexity index is 1090. The molecule has 0 amide bonds. The summed E-state index contributed by atoms with van der Waals surface area (Å²) in [6.45, 7) is -0.566. The van der Waals surface area contributed by atoms with Gasteiger partial charge in [-0.05, 0) is 24.3 Å². The van der Waals surface area contributed by atoms with Gasteiger partial charge in [-0.25, -0.2) is 4.79 Å². The van der Waals surface area contributed by atoms with Gasteiger partial charge in [0.2, 0.25) is 6.29 Å². The lowest BCUT2D eigenvalue weighted by atomic mass is 9.99. The number of aliphatic hydroxyl groups is 4. The minimum atomic E-state index is -1.56. The number of fused-ring (bicyclic) bond motifs is 3. The van der Waals surface area contributed by atoms with Crippen molar-refractivity contribution >= 4 is 21.7 Å². The lowest BCUT2D eigenvalue weighted by Crippen LogP contribution is -2.60. The number of rotatable bonds is 4. The molecule has 0 bridgehead atoms. The Morgan fingerprint density at radius 2 is 1.83 bits per heavy atom. The number of aliphatic hydroxyl groups excluding tert-OH is 4. The molecule has 5 atom stereocenters. The van der Waals surface area contributed by atoms with Crippen LogP contribution in [0.4, 0.5) is 0 Å². The molecular formula is C20H20O9. The van der Waals surface area contributed by atoms with Crippen molar-refractivity contribution in [2.45, 2.75) is 30.7 Å². The fraction of sp³-hybridized carbons (Fsp3) is 0.350. The Balaban J connectivity index is 1.73. The fourth-order valence-corrected chi connectivity index (χ4v) is 3.47. The van der Waals surface area contributed by atoms with Gasteiger partial charge in [0.05, 0.1) is 19.1 Å². The maximum Gasteiger partial charge on any atom is 0.344 e. The van der Waals surface area contributed by atoms with Crippen LogP contribution in [-0.2, 0) is 4.74 Å². The van der Waals surface area contributed by atoms with E-state index in [0.29, 0.717) is 21.9 Å². The van der Waals surface area contributed by atoms with Crippen LogP contribution < -0.4 is 15.1 Å². The van der Waals surface area contributed by atoms with Crippen LogP contribution in [-0.4, -0.2) is 64.8 Å². The number of ether oxygens (including phenoxy) is 3. The first-order chi connectivity index (χ1) is 13.9. The normalized spacial score (nSPS) is 27.3. The van der Waals surface area contributed by atoms with Gasteiger partial charge in [0.25, 0.3) is 0 Å². The maximum atomic E-state index is 12.4. The molecule has 1 fully saturated rings. The molecule has 4 rings (SSSR count). The largest absolute Gasteiger partial charge is 0.496 e. The van der Waals surface area contributed by atoms with Gasteiger partial charge in [-0.3, -0.25) is 0 Å². The van der Waals surface area contributed by atoms with E-state index in [0.717, 1.165) is 0 Å². The van der Waals surface area contributed by atoms with Crippen LogP contribution in [0.2, 0.25) is 0 Å². The predicted octanol–water partition coefficient (Wildman–Crippen LogP) is 0.133. The van der Waals surface area contributed by atoms with Crippen molar-refractivity contribution in [2.75, 3.05) is 13.7 Å². The Labute approximate surface area is 164 Å². The Morgan fingerprint density at radius 1 is 1.03 bits per heavy atom. The molecule has 2 aromatic carbocycles. The molecule has 1 aliphatic heterocycles. The van der Waals surface area contributed by atoms with E-state index in [9.17, 15) is 25.2 Å². The van der Waals surface area contributed by atoms with Gasteiger partial charge in [-0.1, -0.05) is 6.07 Å². The number of hydrogen-bond acceptors (Lipinski definition) is 9. The van der Waals surface area contributed by atoms with Gasteiger partial charge in [0.15, 0.2) is 0 Å². The number of hydrogen-bond donors (Lipinski definition) is 4. The zero-order chi connectivity index (χ0) is 20.7. The lowest BCUT2D eigenvalue weighted by Gasteiger charge is -2.39. The summed E-state index contributed by atoms with van der Waals surface area (Å²) in [6.07, 6.45) is -7.03. The molecule has 1 saturated heterocycles. The van der Waals surface area contributed by atoms with Crippen molar-refractivity contribution in [1.82, 2.24) is 0 Å². The van der Waals surface area contributed by atoms with Crippen molar-refractivity contribution in [1.29, 1.82) is 0 Å². The van der Waals surface area contributed by atoms with E-state index in [1.54, 1.807) is 30.3 Å². The van der Waals surface area contributed by atoms with E-state index in [4.69, 9.17) is 18.6 Å². The smallest absolute Gasteiger partial charge is 0.344 e. The summed E-state index contributed by atoms with van der Waals surface area (Å²) >= 11 is 0. The first kappa shape index (κ1) is 19.6. The molecule has 0 aliphatic carbocycles. The molecule has 154 valence electrons. The standard InChI is InChI=1S/C20H20O9/c1-26-12-4-2-3-11-15(12)10-6-5-9(7-13(10)28-19(11)25)27-20-18(24)17(23)16(22)14(8-21)29-20/h2-7,14,16-18,20-24H,8H2,1H3/t14-,16-,17+,18-,20-/m1/s1. The zero-order valence-corrected chi connectivity index (χ0v) is 15.4. The van der Waals surface area contributed by atoms with E-state index in [2.05, 4.69) is 0 Å². The third kappa shape index (κ3) is 3.33. The fourth-order valence-electron chi connectivity index (χ4n) is 3.47. The van der Waals surface area contributed by atoms with Gasteiger partial charge < -0.3 is 39.1 Å². The van der Waals surface area contributed by atoms with E-state index >= 15 is 0 Å². The number of methoxy groups -OCH3 is 1. The van der Waals surface area contributed by atoms with Crippen molar-refractivity contribution in [3.05, 3.63) is 46.8 Å². The molecule has 1 aliphatic rings. The molecule has 0 spiro atoms. The summed E-state index contributed by atoms with van der Waals surface area (Å²) in [5.74, 6) is 0.710. The average molecular weight is 404 g/mol. The minimum Gasteiger partial charge on any atom is -0.496 e. The zero-order valence-electron chi connectivity index (χ0n) is 15.4. The highest BCUT2D eigenvalue weighted by atomic mass is 16.7. The highest BCUT2D eigenvalue weighted by Crippen LogP contribution is 2.33. The van der Waals surface area contributed by atoms with Crippen molar-refractivity contribution in [2.24, 2.45) is 0 Å². The van der Waals surface area contributed by atoms with Gasteiger partial charge in [0.1, 0.15) is 41.5 Å². The summed E-state index contributed by atoms with van der Waals surface area (Å²) in [5, 5.41) is 40.7. The second kappa shape index (κ2) is 7.62. The molecular weight excluding hydrogens is 384 g/mol. The van der Waals surface area contributed by atoms with E-state index in [1.165, 1.54) is 13.2 Å². The van der Waals surface area contributed by atoms with Gasteiger partial charge in [-0.15, -0.1) is 0 Å². The molecule has 9 heteroatoms. The molecule has 2 heterocycles. The van der Waals surface area contributed by atoms with E-state index in [-0.39, 0.29) is 11.3 Å². The Hall–Kier alpha value is -2.69. The van der Waals surface area contributed by atoms with Crippen LogP contribution in [0.3, 0.4) is 0 Å². The van der Waals surface area contributed by atoms with Gasteiger partial charge >= 0.3 is 5.63 Å². The third-order valence-corrected chi connectivity index (χ3v) is 4.99. The summed E-state index contributed by atoms with van der Waals surface area (Å²) in [5.41, 5.74) is -0.314. The van der Waals surface area contributed by atoms with Crippen molar-refractivity contribution in [3.8, 4) is 11.5 Å². The van der Waals surface area contributed by atoms with Crippen LogP contribution in [0.5, 0.6) is 11.5 Å². The molecule has 0 saturated carbocycles. The second-order valence-electron chi connectivity index (χ2n) is 6.75. The quantitative estimate of drug-likeness (QED) is 0.353. The summed E-state index contributed by atoms with van der Waals surface area (Å²) in [7, 11) is 1.51. The first-order valence-corrected chi connectivity index (χ1v) is 8.95. The predicted molar refractivity (Wildman–Crippen MR) is 101 cm³/mol. The SMILES string of the molecule is COc1cccc2c(=O)oc3cc(O[C@@H]4O[C@H](CO)[C@@H](O)[C@H](O)[C@H]4O)ccc3c12. The highest BCUT2D eigenvalue weighted by molar-refractivity contribution is 6.08. The van der Waals surface area contributed by atoms with Crippen LogP contribution in [0, 0.1) is 0 Å². The number of benzene rings is 2. The summed E-state index contributed by atoms with van der Waals surface area (Å²) < 4.78 is 21.7. The molecule has 4 N–H and O–H groups in total. The lowest BCUT2D eigenvalue weighted by molar-refractivity contribution is -0.277. The van der Waals surface area contributed by atoms with Crippen molar-refractivity contribution in [3.63, 3.8) is 0 Å². The monoisotopic (exact) mass is 404 g/mol. The first-order valence-electron chi connectivity index (χ1n) is 8.95. The average Bonchev–Trinajstić information content (AvgIpc) is 2.73. The molecule has 9 nitrogen and oxygen atoms in total. The maximum absolute atomic E-state index is 12.4. The van der Waals surface area contributed by atoms with E-state index in [1.807, 2.05) is 0 Å². The van der Waals surface area contributed by atoms with Crippen LogP contribution in [0.1, 0.15) is 0 Å².